The SMILES string of the molecule is O=C(NCc1ccc(C(=O)O)o1)NCC1CCS(=O)(=O)C1. The number of carbonyl (C=O) groups excluding carboxylic acids is 1. The van der Waals surface area contributed by atoms with Gasteiger partial charge in [0.25, 0.3) is 0 Å². The first kappa shape index (κ1) is 15.4. The molecule has 1 fully saturated rings. The standard InChI is InChI=1S/C12H16N2O6S/c15-11(16)10-2-1-9(20-10)6-14-12(17)13-5-8-3-4-21(18,19)7-8/h1-2,8H,3-7H2,(H,15,16)(H2,13,14,17). The number of nitrogens with one attached hydrogen (secondary N) is 2. The molecule has 0 spiro atoms. The van der Waals surface area contributed by atoms with Crippen molar-refractivity contribution >= 4 is 21.8 Å². The molecule has 2 rings (SSSR count). The van der Waals surface area contributed by atoms with E-state index >= 15 is 0 Å². The molecule has 21 heavy (non-hydrogen) atoms. The summed E-state index contributed by atoms with van der Waals surface area (Å²) < 4.78 is 27.5. The van der Waals surface area contributed by atoms with E-state index in [0.29, 0.717) is 18.7 Å². The summed E-state index contributed by atoms with van der Waals surface area (Å²) in [6.45, 7) is 0.353. The molecule has 1 aliphatic rings. The number of carboxylic acids is 1. The van der Waals surface area contributed by atoms with Gasteiger partial charge in [0.1, 0.15) is 5.76 Å². The Labute approximate surface area is 121 Å². The van der Waals surface area contributed by atoms with Crippen LogP contribution in [0.25, 0.3) is 0 Å². The van der Waals surface area contributed by atoms with Crippen molar-refractivity contribution in [3.63, 3.8) is 0 Å². The zero-order valence-corrected chi connectivity index (χ0v) is 12.0. The van der Waals surface area contributed by atoms with Gasteiger partial charge in [0.2, 0.25) is 5.76 Å². The Hall–Kier alpha value is -2.03. The van der Waals surface area contributed by atoms with Crippen molar-refractivity contribution in [3.05, 3.63) is 23.7 Å². The first-order valence-electron chi connectivity index (χ1n) is 6.40. The van der Waals surface area contributed by atoms with Crippen LogP contribution in [0.3, 0.4) is 0 Å². The summed E-state index contributed by atoms with van der Waals surface area (Å²) in [5.74, 6) is -0.816. The fourth-order valence-electron chi connectivity index (χ4n) is 2.09. The second kappa shape index (κ2) is 6.17. The van der Waals surface area contributed by atoms with Gasteiger partial charge < -0.3 is 20.2 Å². The highest BCUT2D eigenvalue weighted by Crippen LogP contribution is 2.17. The van der Waals surface area contributed by atoms with E-state index in [1.54, 1.807) is 0 Å². The average Bonchev–Trinajstić information content (AvgIpc) is 3.00. The Balaban J connectivity index is 1.71. The fraction of sp³-hybridized carbons (Fsp3) is 0.500. The Morgan fingerprint density at radius 1 is 1.33 bits per heavy atom. The van der Waals surface area contributed by atoms with E-state index in [-0.39, 0.29) is 29.7 Å². The largest absolute Gasteiger partial charge is 0.475 e. The van der Waals surface area contributed by atoms with E-state index < -0.39 is 21.8 Å². The molecule has 2 heterocycles. The van der Waals surface area contributed by atoms with E-state index in [1.165, 1.54) is 12.1 Å². The molecule has 0 saturated carbocycles. The van der Waals surface area contributed by atoms with Crippen molar-refractivity contribution < 1.29 is 27.5 Å². The summed E-state index contributed by atoms with van der Waals surface area (Å²) in [5.41, 5.74) is 0. The molecule has 1 unspecified atom stereocenters. The number of furan rings is 1. The van der Waals surface area contributed by atoms with Crippen LogP contribution < -0.4 is 10.6 Å². The topological polar surface area (TPSA) is 126 Å². The lowest BCUT2D eigenvalue weighted by Crippen LogP contribution is -2.38. The lowest BCUT2D eigenvalue weighted by Gasteiger charge is -2.10. The summed E-state index contributed by atoms with van der Waals surface area (Å²) >= 11 is 0. The maximum atomic E-state index is 11.5. The van der Waals surface area contributed by atoms with Gasteiger partial charge >= 0.3 is 12.0 Å². The van der Waals surface area contributed by atoms with E-state index in [4.69, 9.17) is 9.52 Å². The van der Waals surface area contributed by atoms with Crippen LogP contribution in [0, 0.1) is 5.92 Å². The molecule has 1 saturated heterocycles. The van der Waals surface area contributed by atoms with Gasteiger partial charge in [-0.05, 0) is 24.5 Å². The Morgan fingerprint density at radius 3 is 2.67 bits per heavy atom. The quantitative estimate of drug-likeness (QED) is 0.713. The molecule has 2 amide bonds. The first-order valence-corrected chi connectivity index (χ1v) is 8.22. The van der Waals surface area contributed by atoms with Gasteiger partial charge in [0.15, 0.2) is 9.84 Å². The van der Waals surface area contributed by atoms with Gasteiger partial charge in [-0.3, -0.25) is 0 Å². The molecule has 3 N–H and O–H groups in total. The van der Waals surface area contributed by atoms with Crippen LogP contribution in [-0.2, 0) is 16.4 Å². The van der Waals surface area contributed by atoms with E-state index in [1.807, 2.05) is 0 Å². The van der Waals surface area contributed by atoms with Gasteiger partial charge in [-0.2, -0.15) is 0 Å². The number of urea groups is 1. The van der Waals surface area contributed by atoms with Gasteiger partial charge in [-0.1, -0.05) is 0 Å². The minimum Gasteiger partial charge on any atom is -0.475 e. The molecule has 0 bridgehead atoms. The zero-order chi connectivity index (χ0) is 15.5. The highest BCUT2D eigenvalue weighted by Gasteiger charge is 2.27. The smallest absolute Gasteiger partial charge is 0.371 e. The van der Waals surface area contributed by atoms with Crippen molar-refractivity contribution in [1.82, 2.24) is 10.6 Å². The Bertz CT molecular complexity index is 636. The average molecular weight is 316 g/mol. The molecule has 9 heteroatoms. The summed E-state index contributed by atoms with van der Waals surface area (Å²) in [6, 6.07) is 2.32. The van der Waals surface area contributed by atoms with Crippen LogP contribution in [0.4, 0.5) is 4.79 Å². The highest BCUT2D eigenvalue weighted by atomic mass is 32.2. The van der Waals surface area contributed by atoms with Crippen LogP contribution in [0.5, 0.6) is 0 Å². The molecule has 1 aromatic heterocycles. The Morgan fingerprint density at radius 2 is 2.10 bits per heavy atom. The summed E-state index contributed by atoms with van der Waals surface area (Å²) in [7, 11) is -2.95. The van der Waals surface area contributed by atoms with Crippen molar-refractivity contribution in [2.24, 2.45) is 5.92 Å². The normalized spacial score (nSPS) is 20.1. The molecule has 116 valence electrons. The lowest BCUT2D eigenvalue weighted by atomic mass is 10.1. The first-order chi connectivity index (χ1) is 9.85. The molecular formula is C12H16N2O6S. The number of hydrogen-bond donors (Lipinski definition) is 3. The number of hydrogen-bond acceptors (Lipinski definition) is 5. The monoisotopic (exact) mass is 316 g/mol. The molecule has 1 atom stereocenters. The number of aromatic carboxylic acids is 1. The number of sulfone groups is 1. The maximum absolute atomic E-state index is 11.5. The van der Waals surface area contributed by atoms with Crippen LogP contribution >= 0.6 is 0 Å². The number of carbonyl (C=O) groups is 2. The van der Waals surface area contributed by atoms with Gasteiger partial charge in [0.05, 0.1) is 18.1 Å². The van der Waals surface area contributed by atoms with Crippen LogP contribution in [-0.4, -0.2) is 43.6 Å². The van der Waals surface area contributed by atoms with Crippen molar-refractivity contribution in [1.29, 1.82) is 0 Å². The van der Waals surface area contributed by atoms with Gasteiger partial charge in [-0.15, -0.1) is 0 Å². The molecule has 0 aliphatic carbocycles. The predicted molar refractivity (Wildman–Crippen MR) is 72.7 cm³/mol. The maximum Gasteiger partial charge on any atom is 0.371 e. The third-order valence-corrected chi connectivity index (χ3v) is 5.01. The van der Waals surface area contributed by atoms with Gasteiger partial charge in [0, 0.05) is 6.54 Å². The molecule has 1 aromatic rings. The summed E-state index contributed by atoms with van der Waals surface area (Å²) in [5, 5.41) is 13.8. The van der Waals surface area contributed by atoms with Crippen LogP contribution in [0.1, 0.15) is 22.7 Å². The van der Waals surface area contributed by atoms with Crippen molar-refractivity contribution in [2.45, 2.75) is 13.0 Å². The molecule has 0 radical (unpaired) electrons. The van der Waals surface area contributed by atoms with Gasteiger partial charge in [-0.25, -0.2) is 18.0 Å². The highest BCUT2D eigenvalue weighted by molar-refractivity contribution is 7.91. The third kappa shape index (κ3) is 4.48. The minimum absolute atomic E-state index is 0.0528. The fourth-order valence-corrected chi connectivity index (χ4v) is 3.95. The third-order valence-electron chi connectivity index (χ3n) is 3.17. The molecule has 0 aromatic carbocycles. The second-order valence-electron chi connectivity index (χ2n) is 4.90. The predicted octanol–water partition coefficient (Wildman–Crippen LogP) is 0.212. The van der Waals surface area contributed by atoms with Crippen LogP contribution in [0.2, 0.25) is 0 Å². The summed E-state index contributed by atoms with van der Waals surface area (Å²) in [6.07, 6.45) is 0.558. The number of amides is 2. The Kier molecular flexibility index (Phi) is 4.51. The van der Waals surface area contributed by atoms with Crippen LogP contribution in [0.15, 0.2) is 16.5 Å². The van der Waals surface area contributed by atoms with E-state index in [9.17, 15) is 18.0 Å². The van der Waals surface area contributed by atoms with E-state index in [0.717, 1.165) is 0 Å². The minimum atomic E-state index is -2.95. The molecule has 8 nitrogen and oxygen atoms in total. The zero-order valence-electron chi connectivity index (χ0n) is 11.2. The van der Waals surface area contributed by atoms with Crippen molar-refractivity contribution in [3.8, 4) is 0 Å². The summed E-state index contributed by atoms with van der Waals surface area (Å²) in [4.78, 5) is 22.2. The molecular weight excluding hydrogens is 300 g/mol. The van der Waals surface area contributed by atoms with E-state index in [2.05, 4.69) is 10.6 Å². The molecule has 1 aliphatic heterocycles. The number of carboxylic acid groups (broad SMARTS) is 1. The lowest BCUT2D eigenvalue weighted by molar-refractivity contribution is 0.0660. The second-order valence-corrected chi connectivity index (χ2v) is 7.13. The number of rotatable bonds is 5. The van der Waals surface area contributed by atoms with Crippen molar-refractivity contribution in [2.75, 3.05) is 18.1 Å².